The zero-order chi connectivity index (χ0) is 13.0. The van der Waals surface area contributed by atoms with Gasteiger partial charge in [0.15, 0.2) is 0 Å². The molecule has 0 aromatic carbocycles. The number of methoxy groups -OCH3 is 1. The van der Waals surface area contributed by atoms with Gasteiger partial charge in [-0.2, -0.15) is 5.10 Å². The molecule has 0 bridgehead atoms. The van der Waals surface area contributed by atoms with Gasteiger partial charge in [-0.1, -0.05) is 12.8 Å². The number of hydrogen-bond acceptors (Lipinski definition) is 4. The summed E-state index contributed by atoms with van der Waals surface area (Å²) in [5.41, 5.74) is 3.88. The molecule has 5 nitrogen and oxygen atoms in total. The molecule has 0 spiro atoms. The minimum absolute atomic E-state index is 0.0756. The molecular weight excluding hydrogens is 228 g/mol. The van der Waals surface area contributed by atoms with Crippen molar-refractivity contribution in [1.82, 2.24) is 15.2 Å². The van der Waals surface area contributed by atoms with Gasteiger partial charge in [-0.15, -0.1) is 0 Å². The largest absolute Gasteiger partial charge is 0.380 e. The number of nitrogens with one attached hydrogen (secondary N) is 1. The van der Waals surface area contributed by atoms with E-state index in [2.05, 4.69) is 27.5 Å². The average Bonchev–Trinajstić information content (AvgIpc) is 3.05. The van der Waals surface area contributed by atoms with Crippen LogP contribution in [0.3, 0.4) is 0 Å². The van der Waals surface area contributed by atoms with E-state index in [1.807, 2.05) is 6.92 Å². The summed E-state index contributed by atoms with van der Waals surface area (Å²) in [7, 11) is 1.70. The van der Waals surface area contributed by atoms with Crippen LogP contribution >= 0.6 is 0 Å². The van der Waals surface area contributed by atoms with Gasteiger partial charge in [0, 0.05) is 19.7 Å². The topological polar surface area (TPSA) is 65.1 Å². The van der Waals surface area contributed by atoms with Gasteiger partial charge in [-0.3, -0.25) is 16.0 Å². The van der Waals surface area contributed by atoms with Crippen LogP contribution in [0, 0.1) is 0 Å². The summed E-state index contributed by atoms with van der Waals surface area (Å²) in [5, 5.41) is 4.66. The first-order valence-corrected chi connectivity index (χ1v) is 6.77. The molecule has 1 fully saturated rings. The van der Waals surface area contributed by atoms with Crippen LogP contribution in [-0.4, -0.2) is 29.0 Å². The number of ether oxygens (including phenoxy) is 1. The first-order chi connectivity index (χ1) is 8.74. The smallest absolute Gasteiger partial charge is 0.0713 e. The molecule has 0 saturated heterocycles. The monoisotopic (exact) mass is 252 g/mol. The molecule has 2 rings (SSSR count). The third-order valence-electron chi connectivity index (χ3n) is 3.94. The van der Waals surface area contributed by atoms with Crippen LogP contribution in [-0.2, 0) is 11.2 Å². The predicted octanol–water partition coefficient (Wildman–Crippen LogP) is 1.41. The van der Waals surface area contributed by atoms with Crippen molar-refractivity contribution in [2.24, 2.45) is 5.84 Å². The first-order valence-electron chi connectivity index (χ1n) is 6.77. The Hall–Kier alpha value is -0.910. The predicted molar refractivity (Wildman–Crippen MR) is 71.0 cm³/mol. The van der Waals surface area contributed by atoms with Crippen LogP contribution in [0.25, 0.3) is 0 Å². The lowest BCUT2D eigenvalue weighted by Crippen LogP contribution is -2.45. The van der Waals surface area contributed by atoms with Crippen LogP contribution in [0.5, 0.6) is 0 Å². The fraction of sp³-hybridized carbons (Fsp3) is 0.769. The number of nitrogens with two attached hydrogens (primary N) is 1. The van der Waals surface area contributed by atoms with Gasteiger partial charge in [0.2, 0.25) is 0 Å². The highest BCUT2D eigenvalue weighted by molar-refractivity contribution is 5.03. The Morgan fingerprint density at radius 3 is 2.89 bits per heavy atom. The van der Waals surface area contributed by atoms with Crippen LogP contribution in [0.15, 0.2) is 12.3 Å². The summed E-state index contributed by atoms with van der Waals surface area (Å²) >= 11 is 0. The summed E-state index contributed by atoms with van der Waals surface area (Å²) < 4.78 is 7.42. The van der Waals surface area contributed by atoms with Crippen molar-refractivity contribution in [1.29, 1.82) is 0 Å². The van der Waals surface area contributed by atoms with E-state index in [1.54, 1.807) is 7.11 Å². The maximum Gasteiger partial charge on any atom is 0.0713 e. The van der Waals surface area contributed by atoms with Crippen molar-refractivity contribution in [3.8, 4) is 0 Å². The van der Waals surface area contributed by atoms with Crippen molar-refractivity contribution < 1.29 is 4.74 Å². The molecule has 1 aliphatic carbocycles. The van der Waals surface area contributed by atoms with E-state index in [0.717, 1.165) is 12.1 Å². The van der Waals surface area contributed by atoms with Gasteiger partial charge in [-0.05, 0) is 25.8 Å². The van der Waals surface area contributed by atoms with E-state index < -0.39 is 0 Å². The van der Waals surface area contributed by atoms with Gasteiger partial charge in [0.25, 0.3) is 0 Å². The lowest BCUT2D eigenvalue weighted by molar-refractivity contribution is 0.0827. The second-order valence-corrected chi connectivity index (χ2v) is 5.14. The van der Waals surface area contributed by atoms with Crippen LogP contribution in [0.4, 0.5) is 0 Å². The lowest BCUT2D eigenvalue weighted by atomic mass is 10.1. The fourth-order valence-corrected chi connectivity index (χ4v) is 2.61. The highest BCUT2D eigenvalue weighted by Gasteiger charge is 2.20. The first kappa shape index (κ1) is 13.5. The second-order valence-electron chi connectivity index (χ2n) is 5.14. The van der Waals surface area contributed by atoms with E-state index in [0.29, 0.717) is 6.04 Å². The van der Waals surface area contributed by atoms with Gasteiger partial charge in [0.1, 0.15) is 0 Å². The Kier molecular flexibility index (Phi) is 4.74. The highest BCUT2D eigenvalue weighted by atomic mass is 16.5. The van der Waals surface area contributed by atoms with Crippen molar-refractivity contribution in [2.75, 3.05) is 7.11 Å². The Labute approximate surface area is 109 Å². The Balaban J connectivity index is 1.96. The Morgan fingerprint density at radius 2 is 2.28 bits per heavy atom. The molecule has 1 saturated carbocycles. The molecule has 5 heteroatoms. The number of hydrogen-bond donors (Lipinski definition) is 2. The molecule has 0 aliphatic heterocycles. The number of aromatic nitrogens is 2. The van der Waals surface area contributed by atoms with E-state index in [9.17, 15) is 0 Å². The van der Waals surface area contributed by atoms with Gasteiger partial charge >= 0.3 is 0 Å². The summed E-state index contributed by atoms with van der Waals surface area (Å²) in [6, 6.07) is 2.79. The molecule has 1 aromatic heterocycles. The van der Waals surface area contributed by atoms with Crippen molar-refractivity contribution in [2.45, 2.75) is 57.2 Å². The van der Waals surface area contributed by atoms with E-state index in [4.69, 9.17) is 10.6 Å². The van der Waals surface area contributed by atoms with E-state index in [1.165, 1.54) is 25.7 Å². The molecule has 102 valence electrons. The maximum atomic E-state index is 5.56. The molecule has 1 aromatic rings. The molecular formula is C13H24N4O. The molecule has 1 heterocycles. The molecule has 18 heavy (non-hydrogen) atoms. The Morgan fingerprint density at radius 1 is 1.56 bits per heavy atom. The minimum atomic E-state index is 0.0756. The summed E-state index contributed by atoms with van der Waals surface area (Å²) in [5.74, 6) is 5.56. The van der Waals surface area contributed by atoms with Crippen LogP contribution < -0.4 is 11.3 Å². The van der Waals surface area contributed by atoms with Crippen LogP contribution in [0.1, 0.15) is 44.3 Å². The fourth-order valence-electron chi connectivity index (χ4n) is 2.61. The van der Waals surface area contributed by atoms with Crippen molar-refractivity contribution >= 4 is 0 Å². The molecule has 0 amide bonds. The molecule has 3 N–H and O–H groups in total. The maximum absolute atomic E-state index is 5.56. The second kappa shape index (κ2) is 6.31. The quantitative estimate of drug-likeness (QED) is 0.593. The van der Waals surface area contributed by atoms with Crippen LogP contribution in [0.2, 0.25) is 0 Å². The molecule has 2 unspecified atom stereocenters. The molecule has 2 atom stereocenters. The minimum Gasteiger partial charge on any atom is -0.380 e. The molecule has 1 aliphatic rings. The summed E-state index contributed by atoms with van der Waals surface area (Å²) in [6.07, 6.45) is 8.14. The summed E-state index contributed by atoms with van der Waals surface area (Å²) in [6.45, 7) is 2.01. The average molecular weight is 252 g/mol. The lowest BCUT2D eigenvalue weighted by Gasteiger charge is -2.21. The third-order valence-corrected chi connectivity index (χ3v) is 3.94. The SMILES string of the molecule is COC(C)C(Cc1ccn(C2CCCC2)n1)NN. The van der Waals surface area contributed by atoms with Gasteiger partial charge < -0.3 is 4.74 Å². The Bertz CT molecular complexity index is 360. The zero-order valence-corrected chi connectivity index (χ0v) is 11.3. The zero-order valence-electron chi connectivity index (χ0n) is 11.3. The third kappa shape index (κ3) is 3.10. The van der Waals surface area contributed by atoms with E-state index in [-0.39, 0.29) is 12.1 Å². The normalized spacial score (nSPS) is 20.2. The van der Waals surface area contributed by atoms with E-state index >= 15 is 0 Å². The number of nitrogens with zero attached hydrogens (tertiary/aromatic N) is 2. The summed E-state index contributed by atoms with van der Waals surface area (Å²) in [4.78, 5) is 0. The van der Waals surface area contributed by atoms with Gasteiger partial charge in [0.05, 0.1) is 23.9 Å². The standard InChI is InChI=1S/C13H24N4O/c1-10(18-2)13(15-14)9-11-7-8-17(16-11)12-5-3-4-6-12/h7-8,10,12-13,15H,3-6,9,14H2,1-2H3. The van der Waals surface area contributed by atoms with Crippen molar-refractivity contribution in [3.63, 3.8) is 0 Å². The van der Waals surface area contributed by atoms with Gasteiger partial charge in [-0.25, -0.2) is 0 Å². The highest BCUT2D eigenvalue weighted by Crippen LogP contribution is 2.28. The molecule has 0 radical (unpaired) electrons. The number of hydrazine groups is 1. The number of rotatable bonds is 6. The van der Waals surface area contributed by atoms with Crippen molar-refractivity contribution in [3.05, 3.63) is 18.0 Å².